The molecule has 1 amide bonds. The lowest BCUT2D eigenvalue weighted by Crippen LogP contribution is -2.47. The summed E-state index contributed by atoms with van der Waals surface area (Å²) in [6, 6.07) is 7.83. The highest BCUT2D eigenvalue weighted by atomic mass is 16.4. The number of nitrogens with one attached hydrogen (secondary N) is 1. The van der Waals surface area contributed by atoms with E-state index in [-0.39, 0.29) is 5.91 Å². The van der Waals surface area contributed by atoms with E-state index in [1.165, 1.54) is 19.3 Å². The fraction of sp³-hybridized carbons (Fsp3) is 0.611. The van der Waals surface area contributed by atoms with Gasteiger partial charge >= 0.3 is 0 Å². The molecule has 1 saturated carbocycles. The van der Waals surface area contributed by atoms with Crippen LogP contribution in [0.1, 0.15) is 61.9 Å². The Morgan fingerprint density at radius 3 is 2.59 bits per heavy atom. The van der Waals surface area contributed by atoms with Gasteiger partial charge in [0.1, 0.15) is 5.54 Å². The summed E-state index contributed by atoms with van der Waals surface area (Å²) in [5.41, 5.74) is 1.11. The molecule has 2 aliphatic rings. The number of rotatable bonds is 3. The quantitative estimate of drug-likeness (QED) is 0.667. The third-order valence-electron chi connectivity index (χ3n) is 5.16. The van der Waals surface area contributed by atoms with Crippen molar-refractivity contribution in [3.8, 4) is 0 Å². The van der Waals surface area contributed by atoms with Crippen LogP contribution >= 0.6 is 0 Å². The van der Waals surface area contributed by atoms with Crippen molar-refractivity contribution < 1.29 is 9.90 Å². The average Bonchev–Trinajstić information content (AvgIpc) is 2.91. The van der Waals surface area contributed by atoms with E-state index < -0.39 is 11.4 Å². The number of nitrogens with zero attached hydrogens (tertiary/aromatic N) is 1. The van der Waals surface area contributed by atoms with Gasteiger partial charge in [0.05, 0.1) is 0 Å². The average molecular weight is 302 g/mol. The van der Waals surface area contributed by atoms with Gasteiger partial charge in [0.15, 0.2) is 0 Å². The van der Waals surface area contributed by atoms with Crippen molar-refractivity contribution in [2.24, 2.45) is 0 Å². The summed E-state index contributed by atoms with van der Waals surface area (Å²) < 4.78 is 0. The summed E-state index contributed by atoms with van der Waals surface area (Å²) >= 11 is 0. The summed E-state index contributed by atoms with van der Waals surface area (Å²) in [4.78, 5) is 14.3. The van der Waals surface area contributed by atoms with Crippen LogP contribution in [0.4, 0.5) is 0 Å². The Morgan fingerprint density at radius 1 is 1.27 bits per heavy atom. The third-order valence-corrected chi connectivity index (χ3v) is 5.16. The highest BCUT2D eigenvalue weighted by Crippen LogP contribution is 2.49. The number of aryl methyl sites for hydroxylation is 1. The molecule has 1 aliphatic carbocycles. The molecule has 2 N–H and O–H groups in total. The highest BCUT2D eigenvalue weighted by molar-refractivity contribution is 5.97. The van der Waals surface area contributed by atoms with Gasteiger partial charge in [-0.3, -0.25) is 15.0 Å². The molecule has 0 aromatic heterocycles. The van der Waals surface area contributed by atoms with Gasteiger partial charge in [-0.2, -0.15) is 0 Å². The number of hydrogen-bond acceptors (Lipinski definition) is 3. The van der Waals surface area contributed by atoms with E-state index in [0.29, 0.717) is 11.6 Å². The van der Waals surface area contributed by atoms with Crippen LogP contribution in [-0.2, 0) is 0 Å². The van der Waals surface area contributed by atoms with E-state index in [4.69, 9.17) is 0 Å². The Balaban J connectivity index is 1.77. The first kappa shape index (κ1) is 15.5. The van der Waals surface area contributed by atoms with Crippen molar-refractivity contribution in [2.45, 2.75) is 70.3 Å². The molecule has 2 fully saturated rings. The Morgan fingerprint density at radius 2 is 1.95 bits per heavy atom. The Kier molecular flexibility index (Phi) is 3.77. The lowest BCUT2D eigenvalue weighted by Gasteiger charge is -2.26. The molecule has 1 heterocycles. The first-order valence-electron chi connectivity index (χ1n) is 8.28. The second kappa shape index (κ2) is 5.36. The largest absolute Gasteiger partial charge is 0.356 e. The van der Waals surface area contributed by atoms with Crippen LogP contribution < -0.4 is 5.32 Å². The molecule has 0 spiro atoms. The molecule has 22 heavy (non-hydrogen) atoms. The normalized spacial score (nSPS) is 27.7. The van der Waals surface area contributed by atoms with E-state index in [0.717, 1.165) is 18.4 Å². The fourth-order valence-corrected chi connectivity index (χ4v) is 3.65. The van der Waals surface area contributed by atoms with Crippen LogP contribution in [0.2, 0.25) is 0 Å². The topological polar surface area (TPSA) is 52.3 Å². The Hall–Kier alpha value is -1.39. The fourth-order valence-electron chi connectivity index (χ4n) is 3.65. The first-order valence-corrected chi connectivity index (χ1v) is 8.28. The lowest BCUT2D eigenvalue weighted by molar-refractivity contribution is 0.0270. The Bertz CT molecular complexity index is 578. The number of benzene rings is 1. The molecule has 4 heteroatoms. The predicted octanol–water partition coefficient (Wildman–Crippen LogP) is 2.80. The van der Waals surface area contributed by atoms with E-state index in [2.05, 4.69) is 5.32 Å². The van der Waals surface area contributed by atoms with E-state index >= 15 is 0 Å². The second-order valence-corrected chi connectivity index (χ2v) is 7.22. The van der Waals surface area contributed by atoms with Gasteiger partial charge < -0.3 is 5.11 Å². The van der Waals surface area contributed by atoms with E-state index in [1.807, 2.05) is 45.0 Å². The minimum absolute atomic E-state index is 0.112. The van der Waals surface area contributed by atoms with Crippen LogP contribution in [-0.4, -0.2) is 33.3 Å². The maximum atomic E-state index is 12.8. The molecule has 1 saturated heterocycles. The number of hydrogen-bond donors (Lipinski definition) is 2. The second-order valence-electron chi connectivity index (χ2n) is 7.22. The zero-order valence-corrected chi connectivity index (χ0v) is 13.7. The molecule has 3 rings (SSSR count). The third kappa shape index (κ3) is 2.44. The number of amides is 1. The Labute approximate surface area is 132 Å². The summed E-state index contributed by atoms with van der Waals surface area (Å²) in [5, 5.41) is 14.3. The predicted molar refractivity (Wildman–Crippen MR) is 86.4 cm³/mol. The summed E-state index contributed by atoms with van der Waals surface area (Å²) in [6.07, 6.45) is 5.81. The van der Waals surface area contributed by atoms with Crippen LogP contribution in [0.3, 0.4) is 0 Å². The SMILES string of the molecule is Cc1cccc(C(=O)N2C(C)(C)C2(O)NC2CCCCC2)c1. The van der Waals surface area contributed by atoms with E-state index in [9.17, 15) is 9.90 Å². The molecule has 0 radical (unpaired) electrons. The monoisotopic (exact) mass is 302 g/mol. The minimum atomic E-state index is -1.23. The van der Waals surface area contributed by atoms with Crippen molar-refractivity contribution in [1.29, 1.82) is 0 Å². The van der Waals surface area contributed by atoms with E-state index in [1.54, 1.807) is 4.90 Å². The zero-order valence-electron chi connectivity index (χ0n) is 13.7. The van der Waals surface area contributed by atoms with Crippen molar-refractivity contribution in [1.82, 2.24) is 10.2 Å². The van der Waals surface area contributed by atoms with Crippen LogP contribution in [0.5, 0.6) is 0 Å². The van der Waals surface area contributed by atoms with Gasteiger partial charge in [-0.15, -0.1) is 0 Å². The van der Waals surface area contributed by atoms with Crippen molar-refractivity contribution >= 4 is 5.91 Å². The highest BCUT2D eigenvalue weighted by Gasteiger charge is 2.72. The molecule has 1 aromatic carbocycles. The van der Waals surface area contributed by atoms with Crippen LogP contribution in [0.15, 0.2) is 24.3 Å². The first-order chi connectivity index (χ1) is 10.4. The summed E-state index contributed by atoms with van der Waals surface area (Å²) in [7, 11) is 0. The van der Waals surface area contributed by atoms with Gasteiger partial charge in [-0.05, 0) is 45.7 Å². The standard InChI is InChI=1S/C18H26N2O2/c1-13-8-7-9-14(12-13)16(21)20-17(2,3)18(20,22)19-15-10-5-4-6-11-15/h7-9,12,15,19,22H,4-6,10-11H2,1-3H3. The van der Waals surface area contributed by atoms with Gasteiger partial charge in [0, 0.05) is 11.6 Å². The van der Waals surface area contributed by atoms with Crippen molar-refractivity contribution in [2.75, 3.05) is 0 Å². The summed E-state index contributed by atoms with van der Waals surface area (Å²) in [5.74, 6) is -1.34. The lowest BCUT2D eigenvalue weighted by atomic mass is 9.95. The maximum absolute atomic E-state index is 12.8. The van der Waals surface area contributed by atoms with Gasteiger partial charge in [0.2, 0.25) is 5.85 Å². The van der Waals surface area contributed by atoms with Crippen molar-refractivity contribution in [3.05, 3.63) is 35.4 Å². The molecule has 1 unspecified atom stereocenters. The molecular formula is C18H26N2O2. The zero-order chi connectivity index (χ0) is 16.0. The van der Waals surface area contributed by atoms with Gasteiger partial charge in [-0.1, -0.05) is 37.0 Å². The molecule has 1 aliphatic heterocycles. The van der Waals surface area contributed by atoms with Crippen molar-refractivity contribution in [3.63, 3.8) is 0 Å². The number of carbonyl (C=O) groups excluding carboxylic acids is 1. The molecule has 1 aromatic rings. The summed E-state index contributed by atoms with van der Waals surface area (Å²) in [6.45, 7) is 5.80. The van der Waals surface area contributed by atoms with Gasteiger partial charge in [-0.25, -0.2) is 0 Å². The smallest absolute Gasteiger partial charge is 0.257 e. The molecule has 4 nitrogen and oxygen atoms in total. The number of aliphatic hydroxyl groups is 1. The molecule has 120 valence electrons. The van der Waals surface area contributed by atoms with Crippen LogP contribution in [0.25, 0.3) is 0 Å². The van der Waals surface area contributed by atoms with Gasteiger partial charge in [0.25, 0.3) is 5.91 Å². The molecule has 0 bridgehead atoms. The molecule has 1 atom stereocenters. The maximum Gasteiger partial charge on any atom is 0.257 e. The number of carbonyl (C=O) groups is 1. The minimum Gasteiger partial charge on any atom is -0.356 e. The molecular weight excluding hydrogens is 276 g/mol. The van der Waals surface area contributed by atoms with Crippen LogP contribution in [0, 0.1) is 6.92 Å².